The van der Waals surface area contributed by atoms with Crippen molar-refractivity contribution >= 4 is 42.5 Å². The third-order valence-corrected chi connectivity index (χ3v) is 6.67. The first-order valence-electron chi connectivity index (χ1n) is 6.47. The zero-order chi connectivity index (χ0) is 17.0. The molecule has 1 rings (SSSR count). The van der Waals surface area contributed by atoms with Gasteiger partial charge in [-0.1, -0.05) is 30.1 Å². The number of carbonyl (C=O) groups excluding carboxylic acids is 1. The molecule has 0 saturated heterocycles. The number of rotatable bonds is 6. The summed E-state index contributed by atoms with van der Waals surface area (Å²) < 4.78 is 22.5. The molecule has 2 N–H and O–H groups in total. The Balaban J connectivity index is 2.89. The van der Waals surface area contributed by atoms with Gasteiger partial charge in [-0.25, -0.2) is 4.79 Å². The fraction of sp³-hybridized carbons (Fsp3) is 0.462. The summed E-state index contributed by atoms with van der Waals surface area (Å²) in [6.45, 7) is 3.36. The SMILES string of the molecule is CC[C@](C)(NC(=O)Nc1ccc(Cl)c(Cl)c1)P(=O)(OC)OC. The predicted octanol–water partition coefficient (Wildman–Crippen LogP) is 4.73. The van der Waals surface area contributed by atoms with Crippen LogP contribution in [0.25, 0.3) is 0 Å². The molecule has 0 saturated carbocycles. The monoisotopic (exact) mass is 368 g/mol. The van der Waals surface area contributed by atoms with E-state index < -0.39 is 18.9 Å². The summed E-state index contributed by atoms with van der Waals surface area (Å²) in [5.74, 6) is 0. The van der Waals surface area contributed by atoms with Crippen LogP contribution in [-0.2, 0) is 13.6 Å². The van der Waals surface area contributed by atoms with Crippen LogP contribution in [0.15, 0.2) is 18.2 Å². The van der Waals surface area contributed by atoms with E-state index in [9.17, 15) is 9.36 Å². The van der Waals surface area contributed by atoms with Crippen molar-refractivity contribution in [2.24, 2.45) is 0 Å². The molecular weight excluding hydrogens is 350 g/mol. The first kappa shape index (κ1) is 19.3. The number of hydrogen-bond acceptors (Lipinski definition) is 4. The van der Waals surface area contributed by atoms with Gasteiger partial charge in [-0.3, -0.25) is 4.57 Å². The minimum absolute atomic E-state index is 0.317. The standard InChI is InChI=1S/C13H19Cl2N2O4P/c1-5-13(2,22(19,20-3)21-4)17-12(18)16-9-6-7-10(14)11(15)8-9/h6-8H,5H2,1-4H3,(H2,16,17,18)/t13-/m1/s1. The minimum Gasteiger partial charge on any atom is -0.321 e. The summed E-state index contributed by atoms with van der Waals surface area (Å²) in [7, 11) is -0.949. The molecule has 0 unspecified atom stereocenters. The van der Waals surface area contributed by atoms with Gasteiger partial charge in [-0.05, 0) is 31.5 Å². The van der Waals surface area contributed by atoms with Gasteiger partial charge in [-0.15, -0.1) is 0 Å². The van der Waals surface area contributed by atoms with Crippen LogP contribution in [-0.4, -0.2) is 25.5 Å². The first-order valence-corrected chi connectivity index (χ1v) is 8.77. The molecule has 124 valence electrons. The zero-order valence-electron chi connectivity index (χ0n) is 12.8. The average molecular weight is 369 g/mol. The summed E-state index contributed by atoms with van der Waals surface area (Å²) in [6, 6.07) is 4.12. The van der Waals surface area contributed by atoms with Gasteiger partial charge in [0, 0.05) is 19.9 Å². The highest BCUT2D eigenvalue weighted by Gasteiger charge is 2.46. The second-order valence-corrected chi connectivity index (χ2v) is 8.22. The maximum absolute atomic E-state index is 12.6. The first-order chi connectivity index (χ1) is 10.2. The molecule has 0 radical (unpaired) electrons. The van der Waals surface area contributed by atoms with E-state index >= 15 is 0 Å². The van der Waals surface area contributed by atoms with Crippen molar-refractivity contribution in [2.75, 3.05) is 19.5 Å². The van der Waals surface area contributed by atoms with Gasteiger partial charge in [0.2, 0.25) is 0 Å². The highest BCUT2D eigenvalue weighted by atomic mass is 35.5. The van der Waals surface area contributed by atoms with Crippen LogP contribution >= 0.6 is 30.8 Å². The normalized spacial score (nSPS) is 14.3. The fourth-order valence-electron chi connectivity index (χ4n) is 1.81. The number of nitrogens with one attached hydrogen (secondary N) is 2. The summed E-state index contributed by atoms with van der Waals surface area (Å²) in [6.07, 6.45) is 0.348. The van der Waals surface area contributed by atoms with Gasteiger partial charge in [0.1, 0.15) is 5.28 Å². The van der Waals surface area contributed by atoms with Gasteiger partial charge in [0.25, 0.3) is 0 Å². The van der Waals surface area contributed by atoms with Crippen molar-refractivity contribution in [1.82, 2.24) is 5.32 Å². The highest BCUT2D eigenvalue weighted by Crippen LogP contribution is 2.58. The molecule has 0 heterocycles. The molecule has 9 heteroatoms. The van der Waals surface area contributed by atoms with Gasteiger partial charge < -0.3 is 19.7 Å². The molecule has 0 spiro atoms. The predicted molar refractivity (Wildman–Crippen MR) is 88.9 cm³/mol. The Morgan fingerprint density at radius 1 is 1.27 bits per heavy atom. The Bertz CT molecular complexity index is 591. The lowest BCUT2D eigenvalue weighted by Crippen LogP contribution is -2.47. The van der Waals surface area contributed by atoms with Crippen LogP contribution in [0.3, 0.4) is 0 Å². The van der Waals surface area contributed by atoms with Crippen LogP contribution in [0, 0.1) is 0 Å². The number of carbonyl (C=O) groups is 1. The van der Waals surface area contributed by atoms with Crippen molar-refractivity contribution < 1.29 is 18.4 Å². The second kappa shape index (κ2) is 7.66. The Hall–Kier alpha value is -0.780. The van der Waals surface area contributed by atoms with Crippen molar-refractivity contribution in [2.45, 2.75) is 25.5 Å². The molecule has 1 aromatic rings. The van der Waals surface area contributed by atoms with Crippen molar-refractivity contribution in [3.8, 4) is 0 Å². The van der Waals surface area contributed by atoms with Crippen LogP contribution < -0.4 is 10.6 Å². The lowest BCUT2D eigenvalue weighted by Gasteiger charge is -2.34. The molecular formula is C13H19Cl2N2O4P. The molecule has 0 aromatic heterocycles. The van der Waals surface area contributed by atoms with E-state index in [2.05, 4.69) is 10.6 Å². The second-order valence-electron chi connectivity index (χ2n) is 4.70. The van der Waals surface area contributed by atoms with Crippen LogP contribution in [0.5, 0.6) is 0 Å². The lowest BCUT2D eigenvalue weighted by molar-refractivity contribution is 0.221. The molecule has 6 nitrogen and oxygen atoms in total. The summed E-state index contributed by atoms with van der Waals surface area (Å²) in [5, 5.41) is 4.75. The maximum atomic E-state index is 12.6. The number of anilines is 1. The molecule has 22 heavy (non-hydrogen) atoms. The molecule has 0 fully saturated rings. The molecule has 0 aliphatic carbocycles. The summed E-state index contributed by atoms with van der Waals surface area (Å²) in [5.41, 5.74) is 0.454. The van der Waals surface area contributed by atoms with Crippen molar-refractivity contribution in [1.29, 1.82) is 0 Å². The van der Waals surface area contributed by atoms with Crippen molar-refractivity contribution in [3.63, 3.8) is 0 Å². The zero-order valence-corrected chi connectivity index (χ0v) is 15.2. The third kappa shape index (κ3) is 4.15. The molecule has 0 bridgehead atoms. The molecule has 0 aliphatic rings. The molecule has 1 atom stereocenters. The van der Waals surface area contributed by atoms with Crippen molar-refractivity contribution in [3.05, 3.63) is 28.2 Å². The quantitative estimate of drug-likeness (QED) is 0.711. The number of benzene rings is 1. The maximum Gasteiger partial charge on any atom is 0.355 e. The Morgan fingerprint density at radius 3 is 2.32 bits per heavy atom. The average Bonchev–Trinajstić information content (AvgIpc) is 2.49. The summed E-state index contributed by atoms with van der Waals surface area (Å²) in [4.78, 5) is 12.1. The number of urea groups is 1. The van der Waals surface area contributed by atoms with Crippen LogP contribution in [0.2, 0.25) is 10.0 Å². The number of amides is 2. The van der Waals surface area contributed by atoms with Crippen LogP contribution in [0.4, 0.5) is 10.5 Å². The lowest BCUT2D eigenvalue weighted by atomic mass is 10.2. The van der Waals surface area contributed by atoms with Gasteiger partial charge in [-0.2, -0.15) is 0 Å². The third-order valence-electron chi connectivity index (χ3n) is 3.33. The van der Waals surface area contributed by atoms with E-state index in [0.29, 0.717) is 22.2 Å². The largest absolute Gasteiger partial charge is 0.355 e. The highest BCUT2D eigenvalue weighted by molar-refractivity contribution is 7.55. The minimum atomic E-state index is -3.50. The summed E-state index contributed by atoms with van der Waals surface area (Å²) >= 11 is 11.7. The molecule has 2 amide bonds. The number of hydrogen-bond donors (Lipinski definition) is 2. The van der Waals surface area contributed by atoms with E-state index in [1.807, 2.05) is 0 Å². The smallest absolute Gasteiger partial charge is 0.321 e. The molecule has 1 aromatic carbocycles. The fourth-order valence-corrected chi connectivity index (χ4v) is 3.69. The van der Waals surface area contributed by atoms with E-state index in [1.54, 1.807) is 26.0 Å². The number of halogens is 2. The van der Waals surface area contributed by atoms with E-state index in [0.717, 1.165) is 0 Å². The van der Waals surface area contributed by atoms with Crippen LogP contribution in [0.1, 0.15) is 20.3 Å². The topological polar surface area (TPSA) is 76.7 Å². The Morgan fingerprint density at radius 2 is 1.86 bits per heavy atom. The Labute approximate surface area is 140 Å². The van der Waals surface area contributed by atoms with Gasteiger partial charge in [0.15, 0.2) is 0 Å². The molecule has 0 aliphatic heterocycles. The Kier molecular flexibility index (Phi) is 6.71. The van der Waals surface area contributed by atoms with E-state index in [-0.39, 0.29) is 0 Å². The van der Waals surface area contributed by atoms with Gasteiger partial charge >= 0.3 is 13.6 Å². The van der Waals surface area contributed by atoms with Gasteiger partial charge in [0.05, 0.1) is 10.0 Å². The van der Waals surface area contributed by atoms with E-state index in [4.69, 9.17) is 32.2 Å². The van der Waals surface area contributed by atoms with E-state index in [1.165, 1.54) is 20.3 Å².